The topological polar surface area (TPSA) is 75.8 Å². The number of hydrogen-bond donors (Lipinski definition) is 2. The molecule has 0 aromatic heterocycles. The molecule has 2 fully saturated rings. The minimum Gasteiger partial charge on any atom is -0.494 e. The minimum absolute atomic E-state index is 0.130. The third-order valence-corrected chi connectivity index (χ3v) is 4.03. The van der Waals surface area contributed by atoms with Crippen LogP contribution in [0.5, 0.6) is 5.75 Å². The van der Waals surface area contributed by atoms with Gasteiger partial charge in [0.15, 0.2) is 5.75 Å². The van der Waals surface area contributed by atoms with Crippen LogP contribution in [0.3, 0.4) is 0 Å². The number of para-hydroxylation sites is 1. The summed E-state index contributed by atoms with van der Waals surface area (Å²) in [6.45, 7) is 0.822. The highest BCUT2D eigenvalue weighted by atomic mass is 16.5. The Kier molecular flexibility index (Phi) is 2.67. The van der Waals surface area contributed by atoms with E-state index in [1.54, 1.807) is 23.1 Å². The normalized spacial score (nSPS) is 20.8. The Morgan fingerprint density at radius 1 is 1.47 bits per heavy atom. The lowest BCUT2D eigenvalue weighted by Crippen LogP contribution is -2.64. The van der Waals surface area contributed by atoms with Gasteiger partial charge in [0.2, 0.25) is 0 Å². The Balaban J connectivity index is 1.77. The van der Waals surface area contributed by atoms with Gasteiger partial charge in [-0.05, 0) is 30.9 Å². The zero-order valence-electron chi connectivity index (χ0n) is 10.9. The highest BCUT2D eigenvalue weighted by molar-refractivity contribution is 5.99. The minimum atomic E-state index is -0.663. The molecular formula is C14H18N2O3. The molecule has 5 heteroatoms. The molecule has 0 bridgehead atoms. The average Bonchev–Trinajstić information content (AvgIpc) is 3.18. The lowest BCUT2D eigenvalue weighted by atomic mass is 9.88. The van der Waals surface area contributed by atoms with E-state index in [4.69, 9.17) is 10.5 Å². The average molecular weight is 262 g/mol. The zero-order chi connectivity index (χ0) is 13.6. The second kappa shape index (κ2) is 4.13. The van der Waals surface area contributed by atoms with E-state index in [0.29, 0.717) is 36.0 Å². The van der Waals surface area contributed by atoms with Crippen molar-refractivity contribution in [1.82, 2.24) is 4.90 Å². The smallest absolute Gasteiger partial charge is 0.257 e. The lowest BCUT2D eigenvalue weighted by Gasteiger charge is -2.47. The van der Waals surface area contributed by atoms with Gasteiger partial charge in [-0.15, -0.1) is 0 Å². The van der Waals surface area contributed by atoms with Gasteiger partial charge in [0.1, 0.15) is 5.60 Å². The molecule has 0 spiro atoms. The number of benzene rings is 1. The molecule has 1 aliphatic heterocycles. The summed E-state index contributed by atoms with van der Waals surface area (Å²) < 4.78 is 5.19. The molecule has 102 valence electrons. The van der Waals surface area contributed by atoms with Crippen molar-refractivity contribution in [3.8, 4) is 5.75 Å². The van der Waals surface area contributed by atoms with Crippen LogP contribution in [0.15, 0.2) is 18.2 Å². The molecule has 1 heterocycles. The van der Waals surface area contributed by atoms with Gasteiger partial charge in [0, 0.05) is 0 Å². The number of hydrogen-bond acceptors (Lipinski definition) is 4. The molecule has 1 aliphatic carbocycles. The van der Waals surface area contributed by atoms with E-state index in [9.17, 15) is 9.90 Å². The fourth-order valence-electron chi connectivity index (χ4n) is 2.76. The first-order valence-electron chi connectivity index (χ1n) is 6.49. The molecule has 1 aromatic carbocycles. The standard InChI is InChI=1S/C14H18N2O3/c1-19-12-10(3-2-4-11(12)15)13(17)16-7-14(18,8-16)9-5-6-9/h2-4,9,18H,5-8,15H2,1H3. The van der Waals surface area contributed by atoms with Crippen molar-refractivity contribution in [2.75, 3.05) is 25.9 Å². The van der Waals surface area contributed by atoms with Crippen LogP contribution in [0.1, 0.15) is 23.2 Å². The molecule has 0 atom stereocenters. The van der Waals surface area contributed by atoms with E-state index in [0.717, 1.165) is 12.8 Å². The number of nitrogens with zero attached hydrogens (tertiary/aromatic N) is 1. The number of rotatable bonds is 3. The number of nitrogen functional groups attached to an aromatic ring is 1. The summed E-state index contributed by atoms with van der Waals surface area (Å²) in [5.41, 5.74) is 6.04. The summed E-state index contributed by atoms with van der Waals surface area (Å²) in [7, 11) is 1.50. The van der Waals surface area contributed by atoms with Gasteiger partial charge in [-0.1, -0.05) is 6.07 Å². The Hall–Kier alpha value is -1.75. The molecule has 3 N–H and O–H groups in total. The monoisotopic (exact) mass is 262 g/mol. The van der Waals surface area contributed by atoms with Gasteiger partial charge in [-0.25, -0.2) is 0 Å². The summed E-state index contributed by atoms with van der Waals surface area (Å²) in [6.07, 6.45) is 2.14. The highest BCUT2D eigenvalue weighted by Crippen LogP contribution is 2.45. The molecular weight excluding hydrogens is 244 g/mol. The molecule has 19 heavy (non-hydrogen) atoms. The lowest BCUT2D eigenvalue weighted by molar-refractivity contribution is -0.0958. The van der Waals surface area contributed by atoms with Crippen LogP contribution in [-0.4, -0.2) is 41.7 Å². The molecule has 0 unspecified atom stereocenters. The Labute approximate surface area is 112 Å². The van der Waals surface area contributed by atoms with Gasteiger partial charge < -0.3 is 20.5 Å². The Morgan fingerprint density at radius 2 is 2.16 bits per heavy atom. The maximum Gasteiger partial charge on any atom is 0.257 e. The Bertz CT molecular complexity index is 519. The third-order valence-electron chi connectivity index (χ3n) is 4.03. The zero-order valence-corrected chi connectivity index (χ0v) is 10.9. The number of anilines is 1. The van der Waals surface area contributed by atoms with Gasteiger partial charge in [0.25, 0.3) is 5.91 Å². The SMILES string of the molecule is COc1c(N)cccc1C(=O)N1CC(O)(C2CC2)C1. The molecule has 5 nitrogen and oxygen atoms in total. The van der Waals surface area contributed by atoms with Crippen LogP contribution in [0, 0.1) is 5.92 Å². The summed E-state index contributed by atoms with van der Waals surface area (Å²) in [4.78, 5) is 14.0. The van der Waals surface area contributed by atoms with Crippen LogP contribution in [0.2, 0.25) is 0 Å². The van der Waals surface area contributed by atoms with Crippen LogP contribution in [-0.2, 0) is 0 Å². The maximum atomic E-state index is 12.4. The molecule has 3 rings (SSSR count). The molecule has 1 amide bonds. The molecule has 2 aliphatic rings. The summed E-state index contributed by atoms with van der Waals surface area (Å²) in [5, 5.41) is 10.2. The molecule has 1 saturated carbocycles. The largest absolute Gasteiger partial charge is 0.494 e. The summed E-state index contributed by atoms with van der Waals surface area (Å²) >= 11 is 0. The molecule has 1 aromatic rings. The number of carbonyl (C=O) groups excluding carboxylic acids is 1. The number of amides is 1. The number of methoxy groups -OCH3 is 1. The highest BCUT2D eigenvalue weighted by Gasteiger charge is 2.53. The predicted molar refractivity (Wildman–Crippen MR) is 71.0 cm³/mol. The second-order valence-corrected chi connectivity index (χ2v) is 5.47. The van der Waals surface area contributed by atoms with E-state index in [1.165, 1.54) is 7.11 Å². The summed E-state index contributed by atoms with van der Waals surface area (Å²) in [5.74, 6) is 0.656. The van der Waals surface area contributed by atoms with Crippen molar-refractivity contribution in [2.24, 2.45) is 5.92 Å². The third kappa shape index (κ3) is 1.94. The number of β-amino-alcohol motifs (C(OH)–C–C–N with tert-alkyl or cyclic N) is 1. The van der Waals surface area contributed by atoms with E-state index in [-0.39, 0.29) is 5.91 Å². The number of carbonyl (C=O) groups is 1. The van der Waals surface area contributed by atoms with E-state index in [2.05, 4.69) is 0 Å². The van der Waals surface area contributed by atoms with Crippen LogP contribution in [0.25, 0.3) is 0 Å². The predicted octanol–water partition coefficient (Wildman–Crippen LogP) is 0.874. The number of likely N-dealkylation sites (tertiary alicyclic amines) is 1. The van der Waals surface area contributed by atoms with Gasteiger partial charge in [0.05, 0.1) is 31.5 Å². The van der Waals surface area contributed by atoms with E-state index < -0.39 is 5.60 Å². The van der Waals surface area contributed by atoms with Crippen LogP contribution >= 0.6 is 0 Å². The van der Waals surface area contributed by atoms with Gasteiger partial charge in [-0.2, -0.15) is 0 Å². The number of nitrogens with two attached hydrogens (primary N) is 1. The summed E-state index contributed by atoms with van der Waals surface area (Å²) in [6, 6.07) is 5.14. The fraction of sp³-hybridized carbons (Fsp3) is 0.500. The van der Waals surface area contributed by atoms with Crippen molar-refractivity contribution < 1.29 is 14.6 Å². The van der Waals surface area contributed by atoms with Crippen molar-refractivity contribution in [1.29, 1.82) is 0 Å². The first-order valence-corrected chi connectivity index (χ1v) is 6.49. The van der Waals surface area contributed by atoms with Crippen molar-refractivity contribution in [2.45, 2.75) is 18.4 Å². The van der Waals surface area contributed by atoms with Gasteiger partial charge in [-0.3, -0.25) is 4.79 Å². The first kappa shape index (κ1) is 12.3. The number of aliphatic hydroxyl groups is 1. The van der Waals surface area contributed by atoms with E-state index >= 15 is 0 Å². The van der Waals surface area contributed by atoms with Crippen molar-refractivity contribution in [3.05, 3.63) is 23.8 Å². The number of ether oxygens (including phenoxy) is 1. The maximum absolute atomic E-state index is 12.4. The van der Waals surface area contributed by atoms with Crippen LogP contribution in [0.4, 0.5) is 5.69 Å². The van der Waals surface area contributed by atoms with E-state index in [1.807, 2.05) is 0 Å². The van der Waals surface area contributed by atoms with Gasteiger partial charge >= 0.3 is 0 Å². The van der Waals surface area contributed by atoms with Crippen LogP contribution < -0.4 is 10.5 Å². The first-order chi connectivity index (χ1) is 9.05. The van der Waals surface area contributed by atoms with Crippen molar-refractivity contribution >= 4 is 11.6 Å². The quantitative estimate of drug-likeness (QED) is 0.793. The molecule has 0 radical (unpaired) electrons. The fourth-order valence-corrected chi connectivity index (χ4v) is 2.76. The second-order valence-electron chi connectivity index (χ2n) is 5.47. The Morgan fingerprint density at radius 3 is 2.74 bits per heavy atom. The molecule has 1 saturated heterocycles. The van der Waals surface area contributed by atoms with Crippen molar-refractivity contribution in [3.63, 3.8) is 0 Å².